The second kappa shape index (κ2) is 13.8. The van der Waals surface area contributed by atoms with E-state index < -0.39 is 11.7 Å². The van der Waals surface area contributed by atoms with Crippen molar-refractivity contribution in [3.8, 4) is 0 Å². The Hall–Kier alpha value is -2.62. The van der Waals surface area contributed by atoms with E-state index in [1.54, 1.807) is 12.1 Å². The highest BCUT2D eigenvalue weighted by molar-refractivity contribution is 6.30. The van der Waals surface area contributed by atoms with Gasteiger partial charge in [-0.25, -0.2) is 0 Å². The highest BCUT2D eigenvalue weighted by atomic mass is 35.5. The maximum Gasteiger partial charge on any atom is 0.416 e. The second-order valence-electron chi connectivity index (χ2n) is 9.01. The Bertz CT molecular complexity index is 1010. The molecule has 1 unspecified atom stereocenters. The molecule has 2 aromatic rings. The Balaban J connectivity index is 1.53. The second-order valence-corrected chi connectivity index (χ2v) is 9.45. The van der Waals surface area contributed by atoms with E-state index in [-0.39, 0.29) is 24.6 Å². The first-order valence-corrected chi connectivity index (χ1v) is 12.6. The van der Waals surface area contributed by atoms with Gasteiger partial charge in [-0.15, -0.1) is 0 Å². The number of unbranched alkanes of at least 4 members (excludes halogenated alkanes) is 1. The van der Waals surface area contributed by atoms with Gasteiger partial charge < -0.3 is 14.4 Å². The molecule has 1 fully saturated rings. The van der Waals surface area contributed by atoms with Crippen molar-refractivity contribution in [3.63, 3.8) is 0 Å². The fourth-order valence-corrected chi connectivity index (χ4v) is 4.26. The van der Waals surface area contributed by atoms with Crippen LogP contribution in [0.3, 0.4) is 0 Å². The van der Waals surface area contributed by atoms with Gasteiger partial charge in [0.1, 0.15) is 0 Å². The summed E-state index contributed by atoms with van der Waals surface area (Å²) in [6, 6.07) is 12.3. The Kier molecular flexibility index (Phi) is 10.8. The Labute approximate surface area is 220 Å². The molecule has 0 radical (unpaired) electrons. The number of halogens is 4. The lowest BCUT2D eigenvalue weighted by atomic mass is 10.1. The third-order valence-electron chi connectivity index (χ3n) is 6.37. The number of amides is 1. The minimum absolute atomic E-state index is 0.0809. The normalized spacial score (nSPS) is 15.4. The summed E-state index contributed by atoms with van der Waals surface area (Å²) in [4.78, 5) is 27.8. The van der Waals surface area contributed by atoms with E-state index in [1.807, 2.05) is 17.0 Å². The lowest BCUT2D eigenvalue weighted by Gasteiger charge is -2.36. The number of hydrogen-bond donors (Lipinski definition) is 0. The van der Waals surface area contributed by atoms with E-state index in [4.69, 9.17) is 16.3 Å². The summed E-state index contributed by atoms with van der Waals surface area (Å²) in [5.74, 6) is -0.186. The van der Waals surface area contributed by atoms with E-state index in [0.29, 0.717) is 69.0 Å². The number of methoxy groups -OCH3 is 1. The number of nitrogens with zero attached hydrogens (tertiary/aromatic N) is 2. The molecular weight excluding hydrogens is 509 g/mol. The average molecular weight is 541 g/mol. The lowest BCUT2D eigenvalue weighted by Crippen LogP contribution is -2.49. The topological polar surface area (TPSA) is 59.1 Å². The van der Waals surface area contributed by atoms with E-state index in [1.165, 1.54) is 19.2 Å². The van der Waals surface area contributed by atoms with Crippen LogP contribution in [-0.2, 0) is 31.8 Å². The summed E-state index contributed by atoms with van der Waals surface area (Å²) in [7, 11) is 1.35. The van der Waals surface area contributed by atoms with Gasteiger partial charge in [-0.2, -0.15) is 13.2 Å². The van der Waals surface area contributed by atoms with Gasteiger partial charge in [0.15, 0.2) is 0 Å². The minimum atomic E-state index is -4.38. The molecule has 6 nitrogen and oxygen atoms in total. The van der Waals surface area contributed by atoms with Crippen LogP contribution in [0, 0.1) is 0 Å². The SMILES string of the molecule is COC(=O)CCCCC(=O)N1CCN(CC(OCc2ccc(C(F)(F)F)cc2)c2ccc(Cl)cc2)CC1. The molecule has 1 heterocycles. The summed E-state index contributed by atoms with van der Waals surface area (Å²) < 4.78 is 49.4. The Morgan fingerprint density at radius 2 is 1.57 bits per heavy atom. The van der Waals surface area contributed by atoms with E-state index in [2.05, 4.69) is 9.64 Å². The molecule has 10 heteroatoms. The zero-order chi connectivity index (χ0) is 26.8. The predicted molar refractivity (Wildman–Crippen MR) is 134 cm³/mol. The largest absolute Gasteiger partial charge is 0.469 e. The fourth-order valence-electron chi connectivity index (χ4n) is 4.14. The van der Waals surface area contributed by atoms with Gasteiger partial charge in [-0.3, -0.25) is 14.5 Å². The number of carbonyl (C=O) groups excluding carboxylic acids is 2. The van der Waals surface area contributed by atoms with Crippen LogP contribution >= 0.6 is 11.6 Å². The molecule has 0 spiro atoms. The number of benzene rings is 2. The molecule has 3 rings (SSSR count). The van der Waals surface area contributed by atoms with Gasteiger partial charge in [0.25, 0.3) is 0 Å². The van der Waals surface area contributed by atoms with Crippen molar-refractivity contribution in [3.05, 3.63) is 70.2 Å². The van der Waals surface area contributed by atoms with Gasteiger partial charge >= 0.3 is 12.1 Å². The Morgan fingerprint density at radius 1 is 0.946 bits per heavy atom. The molecule has 1 aliphatic heterocycles. The maximum atomic E-state index is 12.9. The highest BCUT2D eigenvalue weighted by Crippen LogP contribution is 2.30. The van der Waals surface area contributed by atoms with Crippen LogP contribution in [0.15, 0.2) is 48.5 Å². The van der Waals surface area contributed by atoms with Crippen LogP contribution in [0.4, 0.5) is 13.2 Å². The monoisotopic (exact) mass is 540 g/mol. The number of piperazine rings is 1. The zero-order valence-electron chi connectivity index (χ0n) is 20.8. The lowest BCUT2D eigenvalue weighted by molar-refractivity contribution is -0.141. The van der Waals surface area contributed by atoms with Crippen molar-refractivity contribution in [1.29, 1.82) is 0 Å². The number of esters is 1. The molecule has 1 atom stereocenters. The molecule has 0 N–H and O–H groups in total. The van der Waals surface area contributed by atoms with Crippen LogP contribution in [-0.4, -0.2) is 61.5 Å². The molecule has 37 heavy (non-hydrogen) atoms. The van der Waals surface area contributed by atoms with E-state index >= 15 is 0 Å². The number of rotatable bonds is 11. The quantitative estimate of drug-likeness (QED) is 0.278. The molecule has 1 aliphatic rings. The minimum Gasteiger partial charge on any atom is -0.469 e. The summed E-state index contributed by atoms with van der Waals surface area (Å²) in [6.45, 7) is 3.30. The zero-order valence-corrected chi connectivity index (χ0v) is 21.6. The molecule has 1 amide bonds. The average Bonchev–Trinajstić information content (AvgIpc) is 2.89. The smallest absolute Gasteiger partial charge is 0.416 e. The number of carbonyl (C=O) groups is 2. The van der Waals surface area contributed by atoms with Crippen molar-refractivity contribution in [2.45, 2.75) is 44.6 Å². The van der Waals surface area contributed by atoms with E-state index in [9.17, 15) is 22.8 Å². The fraction of sp³-hybridized carbons (Fsp3) is 0.481. The van der Waals surface area contributed by atoms with Crippen molar-refractivity contribution in [2.75, 3.05) is 39.8 Å². The van der Waals surface area contributed by atoms with Crippen molar-refractivity contribution >= 4 is 23.5 Å². The van der Waals surface area contributed by atoms with E-state index in [0.717, 1.165) is 17.7 Å². The van der Waals surface area contributed by atoms with Crippen LogP contribution in [0.1, 0.15) is 48.5 Å². The van der Waals surface area contributed by atoms with Crippen LogP contribution in [0.2, 0.25) is 5.02 Å². The van der Waals surface area contributed by atoms with Crippen LogP contribution < -0.4 is 0 Å². The summed E-state index contributed by atoms with van der Waals surface area (Å²) in [5, 5.41) is 0.601. The van der Waals surface area contributed by atoms with Gasteiger partial charge in [-0.05, 0) is 48.2 Å². The van der Waals surface area contributed by atoms with Crippen molar-refractivity contribution in [1.82, 2.24) is 9.80 Å². The predicted octanol–water partition coefficient (Wildman–Crippen LogP) is 5.49. The molecule has 0 saturated carbocycles. The summed E-state index contributed by atoms with van der Waals surface area (Å²) in [5.41, 5.74) is 0.872. The highest BCUT2D eigenvalue weighted by Gasteiger charge is 2.30. The van der Waals surface area contributed by atoms with Crippen molar-refractivity contribution < 1.29 is 32.2 Å². The van der Waals surface area contributed by atoms with Crippen molar-refractivity contribution in [2.24, 2.45) is 0 Å². The first kappa shape index (κ1) is 28.9. The molecule has 0 aliphatic carbocycles. The van der Waals surface area contributed by atoms with Crippen LogP contribution in [0.25, 0.3) is 0 Å². The number of hydrogen-bond acceptors (Lipinski definition) is 5. The number of ether oxygens (including phenoxy) is 2. The maximum absolute atomic E-state index is 12.9. The summed E-state index contributed by atoms with van der Waals surface area (Å²) >= 11 is 6.04. The first-order chi connectivity index (χ1) is 17.7. The molecule has 1 saturated heterocycles. The molecule has 202 valence electrons. The first-order valence-electron chi connectivity index (χ1n) is 12.3. The third-order valence-corrected chi connectivity index (χ3v) is 6.62. The Morgan fingerprint density at radius 3 is 2.16 bits per heavy atom. The van der Waals surface area contributed by atoms with Gasteiger partial charge in [0.05, 0.1) is 25.4 Å². The molecule has 0 aromatic heterocycles. The molecular formula is C27H32ClF3N2O4. The van der Waals surface area contributed by atoms with Crippen LogP contribution in [0.5, 0.6) is 0 Å². The van der Waals surface area contributed by atoms with Gasteiger partial charge in [-0.1, -0.05) is 35.9 Å². The molecule has 0 bridgehead atoms. The van der Waals surface area contributed by atoms with Gasteiger partial charge in [0.2, 0.25) is 5.91 Å². The standard InChI is InChI=1S/C27H32ClF3N2O4/c1-36-26(35)5-3-2-4-25(34)33-16-14-32(15-17-33)18-24(21-8-12-23(28)13-9-21)37-19-20-6-10-22(11-7-20)27(29,30)31/h6-13,24H,2-5,14-19H2,1H3. The van der Waals surface area contributed by atoms with Gasteiger partial charge in [0, 0.05) is 50.6 Å². The molecule has 2 aromatic carbocycles. The third kappa shape index (κ3) is 9.32. The number of alkyl halides is 3. The summed E-state index contributed by atoms with van der Waals surface area (Å²) in [6.07, 6.45) is -2.71.